The van der Waals surface area contributed by atoms with Crippen LogP contribution in [0.15, 0.2) is 0 Å². The van der Waals surface area contributed by atoms with Crippen LogP contribution < -0.4 is 10.6 Å². The smallest absolute Gasteiger partial charge is 0.125 e. The van der Waals surface area contributed by atoms with E-state index in [0.717, 1.165) is 6.04 Å². The van der Waals surface area contributed by atoms with Crippen molar-refractivity contribution >= 4 is 0 Å². The number of rotatable bonds is 8. The molecule has 0 aliphatic heterocycles. The molecule has 0 radical (unpaired) electrons. The van der Waals surface area contributed by atoms with E-state index >= 15 is 0 Å². The van der Waals surface area contributed by atoms with Gasteiger partial charge >= 0.3 is 0 Å². The van der Waals surface area contributed by atoms with Gasteiger partial charge in [-0.3, -0.25) is 0 Å². The van der Waals surface area contributed by atoms with Crippen LogP contribution in [0.4, 0.5) is 0 Å². The molecule has 0 bridgehead atoms. The molecule has 0 heterocycles. The number of hydrogen-bond acceptors (Lipinski definition) is 0. The largest absolute Gasteiger partial charge is 0.342 e. The summed E-state index contributed by atoms with van der Waals surface area (Å²) in [7, 11) is 0. The van der Waals surface area contributed by atoms with Crippen molar-refractivity contribution < 1.29 is 10.6 Å². The molecule has 0 fully saturated rings. The number of nitrogens with two attached hydrogens (primary N) is 2. The predicted octanol–water partition coefficient (Wildman–Crippen LogP) is -0.288. The minimum absolute atomic E-state index is 0.810. The van der Waals surface area contributed by atoms with E-state index in [1.165, 1.54) is 38.9 Å². The van der Waals surface area contributed by atoms with Crippen molar-refractivity contribution in [1.29, 1.82) is 0 Å². The third-order valence-corrected chi connectivity index (χ3v) is 2.35. The minimum Gasteiger partial charge on any atom is -0.342 e. The topological polar surface area (TPSA) is 33.2 Å². The van der Waals surface area contributed by atoms with E-state index < -0.39 is 0 Å². The highest BCUT2D eigenvalue weighted by molar-refractivity contribution is 4.36. The molecule has 1 atom stereocenters. The molecule has 12 heavy (non-hydrogen) atoms. The standard InChI is InChI=1S/C10H24N2/c1-4-6-7-11-8-9-12-10(3)5-2/h10-12H,4-9H2,1-3H3/p+2/t10-/m0/s1. The Hall–Kier alpha value is -0.0800. The van der Waals surface area contributed by atoms with Crippen LogP contribution in [0.25, 0.3) is 0 Å². The van der Waals surface area contributed by atoms with Crippen LogP contribution in [0.5, 0.6) is 0 Å². The molecule has 4 N–H and O–H groups in total. The van der Waals surface area contributed by atoms with Gasteiger partial charge in [-0.1, -0.05) is 20.3 Å². The average Bonchev–Trinajstić information content (AvgIpc) is 2.10. The van der Waals surface area contributed by atoms with Crippen LogP contribution in [0.1, 0.15) is 40.0 Å². The van der Waals surface area contributed by atoms with Gasteiger partial charge in [0.15, 0.2) is 0 Å². The van der Waals surface area contributed by atoms with Crippen molar-refractivity contribution in [3.8, 4) is 0 Å². The Kier molecular flexibility index (Phi) is 8.95. The Bertz CT molecular complexity index is 83.9. The lowest BCUT2D eigenvalue weighted by Crippen LogP contribution is -2.97. The van der Waals surface area contributed by atoms with Crippen LogP contribution >= 0.6 is 0 Å². The highest BCUT2D eigenvalue weighted by atomic mass is 15.0. The number of unbranched alkanes of at least 4 members (excludes halogenated alkanes) is 1. The van der Waals surface area contributed by atoms with Gasteiger partial charge in [0.25, 0.3) is 0 Å². The minimum atomic E-state index is 0.810. The molecule has 2 nitrogen and oxygen atoms in total. The van der Waals surface area contributed by atoms with Crippen LogP contribution in [0.2, 0.25) is 0 Å². The van der Waals surface area contributed by atoms with Gasteiger partial charge in [-0.25, -0.2) is 0 Å². The Balaban J connectivity index is 2.90. The molecule has 0 aliphatic carbocycles. The molecule has 0 saturated carbocycles. The van der Waals surface area contributed by atoms with Crippen molar-refractivity contribution in [3.63, 3.8) is 0 Å². The molecule has 0 aliphatic rings. The molecule has 0 aromatic rings. The second kappa shape index (κ2) is 9.01. The molecule has 0 saturated heterocycles. The average molecular weight is 174 g/mol. The summed E-state index contributed by atoms with van der Waals surface area (Å²) in [6.07, 6.45) is 3.98. The maximum Gasteiger partial charge on any atom is 0.125 e. The summed E-state index contributed by atoms with van der Waals surface area (Å²) < 4.78 is 0. The fourth-order valence-corrected chi connectivity index (χ4v) is 1.16. The van der Waals surface area contributed by atoms with Crippen molar-refractivity contribution in [2.75, 3.05) is 19.6 Å². The van der Waals surface area contributed by atoms with E-state index in [4.69, 9.17) is 0 Å². The molecule has 0 unspecified atom stereocenters. The van der Waals surface area contributed by atoms with E-state index in [0.29, 0.717) is 0 Å². The molecule has 0 spiro atoms. The number of hydrogen-bond donors (Lipinski definition) is 2. The molecule has 2 heteroatoms. The lowest BCUT2D eigenvalue weighted by Gasteiger charge is -2.06. The maximum atomic E-state index is 2.45. The molecule has 0 aromatic heterocycles. The molecule has 0 aromatic carbocycles. The van der Waals surface area contributed by atoms with Crippen molar-refractivity contribution in [3.05, 3.63) is 0 Å². The highest BCUT2D eigenvalue weighted by Crippen LogP contribution is 1.77. The zero-order valence-electron chi connectivity index (χ0n) is 8.97. The maximum absolute atomic E-state index is 2.45. The fourth-order valence-electron chi connectivity index (χ4n) is 1.16. The monoisotopic (exact) mass is 174 g/mol. The normalized spacial score (nSPS) is 13.2. The van der Waals surface area contributed by atoms with Gasteiger partial charge in [0, 0.05) is 0 Å². The van der Waals surface area contributed by atoms with E-state index in [1.807, 2.05) is 0 Å². The number of quaternary nitrogens is 2. The van der Waals surface area contributed by atoms with E-state index in [2.05, 4.69) is 31.4 Å². The van der Waals surface area contributed by atoms with Crippen LogP contribution in [0.3, 0.4) is 0 Å². The van der Waals surface area contributed by atoms with Gasteiger partial charge in [-0.05, 0) is 19.8 Å². The van der Waals surface area contributed by atoms with E-state index in [9.17, 15) is 0 Å². The summed E-state index contributed by atoms with van der Waals surface area (Å²) in [5, 5.41) is 4.88. The lowest BCUT2D eigenvalue weighted by molar-refractivity contribution is -0.739. The zero-order chi connectivity index (χ0) is 9.23. The fraction of sp³-hybridized carbons (Fsp3) is 1.00. The second-order valence-corrected chi connectivity index (χ2v) is 3.63. The van der Waals surface area contributed by atoms with Crippen LogP contribution in [-0.4, -0.2) is 25.7 Å². The summed E-state index contributed by atoms with van der Waals surface area (Å²) in [6, 6.07) is 0.810. The Morgan fingerprint density at radius 3 is 2.42 bits per heavy atom. The first-order valence-electron chi connectivity index (χ1n) is 5.46. The molecule has 0 amide bonds. The quantitative estimate of drug-likeness (QED) is 0.474. The Labute approximate surface area is 77.1 Å². The summed E-state index contributed by atoms with van der Waals surface area (Å²) in [4.78, 5) is 0. The molecular formula is C10H26N2+2. The lowest BCUT2D eigenvalue weighted by atomic mass is 10.2. The third-order valence-electron chi connectivity index (χ3n) is 2.35. The van der Waals surface area contributed by atoms with Gasteiger partial charge in [0.2, 0.25) is 0 Å². The summed E-state index contributed by atoms with van der Waals surface area (Å²) in [5.74, 6) is 0. The van der Waals surface area contributed by atoms with Crippen molar-refractivity contribution in [2.45, 2.75) is 46.1 Å². The van der Waals surface area contributed by atoms with Gasteiger partial charge in [-0.15, -0.1) is 0 Å². The predicted molar refractivity (Wildman–Crippen MR) is 53.1 cm³/mol. The first kappa shape index (κ1) is 11.9. The SMILES string of the molecule is CCCC[NH2+]CC[NH2+][C@@H](C)CC. The van der Waals surface area contributed by atoms with Crippen molar-refractivity contribution in [2.24, 2.45) is 0 Å². The molecule has 0 rings (SSSR count). The van der Waals surface area contributed by atoms with Gasteiger partial charge in [0.05, 0.1) is 12.6 Å². The first-order chi connectivity index (χ1) is 5.81. The summed E-state index contributed by atoms with van der Waals surface area (Å²) in [5.41, 5.74) is 0. The summed E-state index contributed by atoms with van der Waals surface area (Å²) in [6.45, 7) is 10.7. The molecule has 74 valence electrons. The van der Waals surface area contributed by atoms with Crippen molar-refractivity contribution in [1.82, 2.24) is 0 Å². The first-order valence-corrected chi connectivity index (χ1v) is 5.46. The zero-order valence-corrected chi connectivity index (χ0v) is 8.97. The van der Waals surface area contributed by atoms with E-state index in [1.54, 1.807) is 0 Å². The van der Waals surface area contributed by atoms with Gasteiger partial charge in [0.1, 0.15) is 13.1 Å². The summed E-state index contributed by atoms with van der Waals surface area (Å²) >= 11 is 0. The van der Waals surface area contributed by atoms with E-state index in [-0.39, 0.29) is 0 Å². The Morgan fingerprint density at radius 1 is 1.08 bits per heavy atom. The highest BCUT2D eigenvalue weighted by Gasteiger charge is 2.00. The van der Waals surface area contributed by atoms with Gasteiger partial charge < -0.3 is 10.6 Å². The Morgan fingerprint density at radius 2 is 1.83 bits per heavy atom. The van der Waals surface area contributed by atoms with Gasteiger partial charge in [-0.2, -0.15) is 0 Å². The van der Waals surface area contributed by atoms with Crippen LogP contribution in [0, 0.1) is 0 Å². The third kappa shape index (κ3) is 8.02. The second-order valence-electron chi connectivity index (χ2n) is 3.63. The molecular weight excluding hydrogens is 148 g/mol. The van der Waals surface area contributed by atoms with Crippen LogP contribution in [-0.2, 0) is 0 Å².